The summed E-state index contributed by atoms with van der Waals surface area (Å²) in [7, 11) is 6.40. The fourth-order valence-electron chi connectivity index (χ4n) is 4.82. The monoisotopic (exact) mass is 377 g/mol. The van der Waals surface area contributed by atoms with Crippen LogP contribution in [0.25, 0.3) is 22.3 Å². The number of ether oxygens (including phenoxy) is 1. The molecule has 0 amide bonds. The van der Waals surface area contributed by atoms with Gasteiger partial charge >= 0.3 is 0 Å². The normalized spacial score (nSPS) is 38.5. The average Bonchev–Trinajstić information content (AvgIpc) is 3.00. The number of aromatic nitrogens is 5. The van der Waals surface area contributed by atoms with E-state index < -0.39 is 27.6 Å². The van der Waals surface area contributed by atoms with Crippen LogP contribution in [0.2, 0.25) is 5.21 Å². The number of hydrogen-bond donors (Lipinski definition) is 4. The van der Waals surface area contributed by atoms with Crippen molar-refractivity contribution in [2.75, 3.05) is 0 Å². The fourth-order valence-corrected chi connectivity index (χ4v) is 4.82. The van der Waals surface area contributed by atoms with E-state index in [0.29, 0.717) is 0 Å². The molecule has 28 heavy (non-hydrogen) atoms. The lowest BCUT2D eigenvalue weighted by Gasteiger charge is -2.46. The summed E-state index contributed by atoms with van der Waals surface area (Å²) in [6.45, 7) is 0.0808. The molecule has 9 nitrogen and oxygen atoms in total. The number of nitrogens with zero attached hydrogens (tertiary/aromatic N) is 4. The molecule has 0 aromatic carbocycles. The molecule has 4 heterocycles. The van der Waals surface area contributed by atoms with Gasteiger partial charge in [0.2, 0.25) is 0 Å². The van der Waals surface area contributed by atoms with E-state index in [1.165, 1.54) is 22.0 Å². The standard InChI is InChI=1S/C15H19B4N5O4/c16-12(17)14(19,26)13(18,25)11(15(12,27)28-11)5-24-4-7(3-23-24)9-8-1-2-20-10(8)22-6-21-9/h1-4,6,25-27H,5,16-19H2,(H,20,21,22). The highest BCUT2D eigenvalue weighted by Crippen LogP contribution is 2.74. The Morgan fingerprint density at radius 1 is 1.11 bits per heavy atom. The summed E-state index contributed by atoms with van der Waals surface area (Å²) in [5.74, 6) is -1.66. The molecule has 3 aromatic heterocycles. The summed E-state index contributed by atoms with van der Waals surface area (Å²) in [6, 6.07) is 1.89. The number of fused-ring (bicyclic) bond motifs is 2. The predicted octanol–water partition coefficient (Wildman–Crippen LogP) is -4.68. The third-order valence-electron chi connectivity index (χ3n) is 7.27. The van der Waals surface area contributed by atoms with E-state index in [4.69, 9.17) is 4.74 Å². The topological polar surface area (TPSA) is 133 Å². The average molecular weight is 377 g/mol. The third-order valence-corrected chi connectivity index (χ3v) is 7.27. The summed E-state index contributed by atoms with van der Waals surface area (Å²) in [5, 5.41) is 37.5. The van der Waals surface area contributed by atoms with Crippen LogP contribution in [-0.4, -0.2) is 93.8 Å². The van der Waals surface area contributed by atoms with Crippen molar-refractivity contribution in [3.63, 3.8) is 0 Å². The van der Waals surface area contributed by atoms with Crippen molar-refractivity contribution in [3.8, 4) is 11.3 Å². The first-order valence-electron chi connectivity index (χ1n) is 9.17. The lowest BCUT2D eigenvalue weighted by atomic mass is 9.37. The van der Waals surface area contributed by atoms with Gasteiger partial charge in [-0.3, -0.25) is 4.68 Å². The first-order valence-corrected chi connectivity index (χ1v) is 9.17. The molecule has 140 valence electrons. The van der Waals surface area contributed by atoms with Crippen molar-refractivity contribution in [1.29, 1.82) is 0 Å². The highest BCUT2D eigenvalue weighted by molar-refractivity contribution is 6.49. The predicted molar refractivity (Wildman–Crippen MR) is 111 cm³/mol. The van der Waals surface area contributed by atoms with Gasteiger partial charge in [0.15, 0.2) is 11.4 Å². The van der Waals surface area contributed by atoms with E-state index in [9.17, 15) is 15.3 Å². The second-order valence-electron chi connectivity index (χ2n) is 8.73. The minimum Gasteiger partial charge on any atom is -0.397 e. The Kier molecular flexibility index (Phi) is 3.15. The molecule has 4 N–H and O–H groups in total. The Morgan fingerprint density at radius 2 is 1.86 bits per heavy atom. The summed E-state index contributed by atoms with van der Waals surface area (Å²) < 4.78 is 7.32. The molecule has 1 saturated carbocycles. The van der Waals surface area contributed by atoms with Crippen molar-refractivity contribution < 1.29 is 20.1 Å². The molecule has 1 saturated heterocycles. The Morgan fingerprint density at radius 3 is 2.54 bits per heavy atom. The zero-order valence-electron chi connectivity index (χ0n) is 16.1. The van der Waals surface area contributed by atoms with Gasteiger partial charge in [0.1, 0.15) is 43.4 Å². The number of epoxide rings is 1. The maximum atomic E-state index is 11.2. The molecular formula is C15H19B4N5O4. The minimum atomic E-state index is -1.69. The largest absolute Gasteiger partial charge is 0.397 e. The van der Waals surface area contributed by atoms with Gasteiger partial charge in [-0.2, -0.15) is 5.10 Å². The lowest BCUT2D eigenvalue weighted by Crippen LogP contribution is -2.65. The Hall–Kier alpha value is -2.07. The van der Waals surface area contributed by atoms with Crippen LogP contribution in [0.3, 0.4) is 0 Å². The van der Waals surface area contributed by atoms with E-state index in [2.05, 4.69) is 20.1 Å². The molecule has 2 fully saturated rings. The maximum absolute atomic E-state index is 11.2. The highest BCUT2D eigenvalue weighted by Gasteiger charge is 2.93. The highest BCUT2D eigenvalue weighted by atomic mass is 16.8. The van der Waals surface area contributed by atoms with Gasteiger partial charge in [0, 0.05) is 23.3 Å². The molecule has 1 aliphatic heterocycles. The minimum absolute atomic E-state index is 0.0808. The van der Waals surface area contributed by atoms with E-state index in [-0.39, 0.29) is 6.54 Å². The van der Waals surface area contributed by atoms with Crippen LogP contribution in [-0.2, 0) is 11.3 Å². The van der Waals surface area contributed by atoms with E-state index in [0.717, 1.165) is 22.3 Å². The second-order valence-corrected chi connectivity index (χ2v) is 8.73. The van der Waals surface area contributed by atoms with Crippen molar-refractivity contribution in [1.82, 2.24) is 24.7 Å². The van der Waals surface area contributed by atoms with Crippen LogP contribution >= 0.6 is 0 Å². The summed E-state index contributed by atoms with van der Waals surface area (Å²) in [6.07, 6.45) is 6.72. The van der Waals surface area contributed by atoms with Crippen molar-refractivity contribution in [2.24, 2.45) is 0 Å². The number of aliphatic hydroxyl groups is 3. The molecule has 0 bridgehead atoms. The SMILES string of the molecule is BC1(B)C(B)(O)C(B)(O)C2(Cn3cc(-c4ncnc5[nH]ccc45)cn3)OC12O. The first-order chi connectivity index (χ1) is 13.0. The van der Waals surface area contributed by atoms with E-state index in [1.807, 2.05) is 6.07 Å². The number of hydrogen-bond acceptors (Lipinski definition) is 7. The van der Waals surface area contributed by atoms with Gasteiger partial charge in [-0.05, 0) is 11.3 Å². The van der Waals surface area contributed by atoms with Gasteiger partial charge < -0.3 is 25.0 Å². The summed E-state index contributed by atoms with van der Waals surface area (Å²) in [5.41, 5.74) is -2.39. The molecule has 0 radical (unpaired) electrons. The first kappa shape index (κ1) is 18.0. The molecule has 13 heteroatoms. The van der Waals surface area contributed by atoms with Gasteiger partial charge in [-0.25, -0.2) is 9.97 Å². The Labute approximate surface area is 164 Å². The van der Waals surface area contributed by atoms with Crippen LogP contribution in [0.4, 0.5) is 0 Å². The number of rotatable bonds is 3. The molecule has 0 spiro atoms. The van der Waals surface area contributed by atoms with Gasteiger partial charge in [-0.1, -0.05) is 0 Å². The van der Waals surface area contributed by atoms with Crippen molar-refractivity contribution in [2.45, 2.75) is 34.1 Å². The molecular weight excluding hydrogens is 357 g/mol. The van der Waals surface area contributed by atoms with Crippen LogP contribution in [0.15, 0.2) is 31.0 Å². The Bertz CT molecular complexity index is 1110. The smallest absolute Gasteiger partial charge is 0.193 e. The van der Waals surface area contributed by atoms with Crippen molar-refractivity contribution in [3.05, 3.63) is 31.0 Å². The van der Waals surface area contributed by atoms with Crippen LogP contribution in [0.5, 0.6) is 0 Å². The number of nitrogens with one attached hydrogen (secondary N) is 1. The Balaban J connectivity index is 1.53. The van der Waals surface area contributed by atoms with Gasteiger partial charge in [0.25, 0.3) is 0 Å². The molecule has 5 rings (SSSR count). The van der Waals surface area contributed by atoms with Crippen molar-refractivity contribution >= 4 is 42.4 Å². The third kappa shape index (κ3) is 1.74. The maximum Gasteiger partial charge on any atom is 0.193 e. The molecule has 3 aromatic rings. The van der Waals surface area contributed by atoms with Gasteiger partial charge in [-0.15, -0.1) is 0 Å². The fraction of sp³-hybridized carbons (Fsp3) is 0.400. The number of aromatic amines is 1. The van der Waals surface area contributed by atoms with E-state index in [1.54, 1.807) is 39.0 Å². The second kappa shape index (κ2) is 4.91. The molecule has 2 aliphatic rings. The zero-order chi connectivity index (χ0) is 20.2. The van der Waals surface area contributed by atoms with Crippen LogP contribution < -0.4 is 0 Å². The quantitative estimate of drug-likeness (QED) is 0.267. The summed E-state index contributed by atoms with van der Waals surface area (Å²) >= 11 is 0. The lowest BCUT2D eigenvalue weighted by molar-refractivity contribution is -0.115. The molecule has 4 atom stereocenters. The summed E-state index contributed by atoms with van der Waals surface area (Å²) in [4.78, 5) is 11.6. The number of H-pyrrole nitrogens is 1. The molecule has 4 unspecified atom stereocenters. The zero-order valence-corrected chi connectivity index (χ0v) is 16.1. The van der Waals surface area contributed by atoms with Crippen LogP contribution in [0, 0.1) is 0 Å². The molecule has 1 aliphatic carbocycles. The van der Waals surface area contributed by atoms with Gasteiger partial charge in [0.05, 0.1) is 29.4 Å². The van der Waals surface area contributed by atoms with Crippen LogP contribution in [0.1, 0.15) is 0 Å². The van der Waals surface area contributed by atoms with E-state index >= 15 is 0 Å².